The molecular formula is C6H6BrClN2OS. The molecule has 1 N–H and O–H groups in total. The van der Waals surface area contributed by atoms with Crippen molar-refractivity contribution in [3.8, 4) is 0 Å². The number of hydrogen-bond acceptors (Lipinski definition) is 3. The van der Waals surface area contributed by atoms with Crippen LogP contribution in [-0.4, -0.2) is 16.3 Å². The van der Waals surface area contributed by atoms with Crippen molar-refractivity contribution in [2.45, 2.75) is 12.3 Å². The van der Waals surface area contributed by atoms with E-state index in [1.165, 1.54) is 11.3 Å². The minimum absolute atomic E-state index is 0.237. The van der Waals surface area contributed by atoms with E-state index in [1.54, 1.807) is 13.1 Å². The summed E-state index contributed by atoms with van der Waals surface area (Å²) in [6.07, 6.45) is 1.62. The molecule has 1 rings (SSSR count). The lowest BCUT2D eigenvalue weighted by Gasteiger charge is -2.00. The molecule has 12 heavy (non-hydrogen) atoms. The molecule has 1 atom stereocenters. The molecule has 0 spiro atoms. The smallest absolute Gasteiger partial charge is 0.243 e. The molecule has 0 aliphatic rings. The molecule has 0 saturated heterocycles. The van der Waals surface area contributed by atoms with Gasteiger partial charge in [-0.25, -0.2) is 4.98 Å². The van der Waals surface area contributed by atoms with E-state index < -0.39 is 5.38 Å². The minimum atomic E-state index is -0.535. The molecule has 0 bridgehead atoms. The highest BCUT2D eigenvalue weighted by molar-refractivity contribution is 9.11. The van der Waals surface area contributed by atoms with Crippen LogP contribution in [0.3, 0.4) is 0 Å². The van der Waals surface area contributed by atoms with Crippen LogP contribution >= 0.6 is 38.9 Å². The molecule has 0 aliphatic heterocycles. The van der Waals surface area contributed by atoms with E-state index >= 15 is 0 Å². The molecule has 1 amide bonds. The third kappa shape index (κ3) is 2.73. The lowest BCUT2D eigenvalue weighted by atomic mass is 10.4. The van der Waals surface area contributed by atoms with Crippen LogP contribution in [0.1, 0.15) is 6.92 Å². The maximum atomic E-state index is 11.0. The van der Waals surface area contributed by atoms with E-state index in [0.717, 1.165) is 3.79 Å². The molecular weight excluding hydrogens is 264 g/mol. The second kappa shape index (κ2) is 4.20. The summed E-state index contributed by atoms with van der Waals surface area (Å²) in [5, 5.41) is 2.59. The minimum Gasteiger partial charge on any atom is -0.301 e. The van der Waals surface area contributed by atoms with Gasteiger partial charge in [0.25, 0.3) is 0 Å². The largest absolute Gasteiger partial charge is 0.301 e. The number of halogens is 2. The summed E-state index contributed by atoms with van der Waals surface area (Å²) in [7, 11) is 0. The zero-order valence-electron chi connectivity index (χ0n) is 6.17. The molecule has 66 valence electrons. The molecule has 1 unspecified atom stereocenters. The van der Waals surface area contributed by atoms with Crippen molar-refractivity contribution in [2.75, 3.05) is 5.32 Å². The van der Waals surface area contributed by atoms with Crippen molar-refractivity contribution in [2.24, 2.45) is 0 Å². The molecule has 0 fully saturated rings. The number of anilines is 1. The lowest BCUT2D eigenvalue weighted by Crippen LogP contribution is -2.19. The van der Waals surface area contributed by atoms with Gasteiger partial charge in [-0.2, -0.15) is 0 Å². The number of nitrogens with zero attached hydrogens (tertiary/aromatic N) is 1. The maximum Gasteiger partial charge on any atom is 0.243 e. The van der Waals surface area contributed by atoms with Gasteiger partial charge in [-0.15, -0.1) is 11.6 Å². The van der Waals surface area contributed by atoms with Crippen molar-refractivity contribution in [1.29, 1.82) is 0 Å². The van der Waals surface area contributed by atoms with Gasteiger partial charge in [0.1, 0.15) is 5.38 Å². The molecule has 1 heterocycles. The Bertz CT molecular complexity index is 289. The Morgan fingerprint density at radius 1 is 1.92 bits per heavy atom. The van der Waals surface area contributed by atoms with E-state index in [-0.39, 0.29) is 5.91 Å². The van der Waals surface area contributed by atoms with Crippen LogP contribution in [0.4, 0.5) is 5.13 Å². The van der Waals surface area contributed by atoms with Crippen molar-refractivity contribution in [1.82, 2.24) is 4.98 Å². The van der Waals surface area contributed by atoms with E-state index in [0.29, 0.717) is 5.13 Å². The number of hydrogen-bond donors (Lipinski definition) is 1. The zero-order chi connectivity index (χ0) is 9.14. The first kappa shape index (κ1) is 9.95. The Kier molecular flexibility index (Phi) is 3.49. The predicted molar refractivity (Wildman–Crippen MR) is 53.8 cm³/mol. The Hall–Kier alpha value is -0.130. The molecule has 6 heteroatoms. The Morgan fingerprint density at radius 2 is 2.58 bits per heavy atom. The van der Waals surface area contributed by atoms with Crippen molar-refractivity contribution in [3.05, 3.63) is 9.98 Å². The van der Waals surface area contributed by atoms with Gasteiger partial charge < -0.3 is 5.32 Å². The first-order valence-electron chi connectivity index (χ1n) is 3.16. The lowest BCUT2D eigenvalue weighted by molar-refractivity contribution is -0.115. The average Bonchev–Trinajstić information content (AvgIpc) is 2.35. The van der Waals surface area contributed by atoms with Gasteiger partial charge in [0.15, 0.2) is 5.13 Å². The van der Waals surface area contributed by atoms with Gasteiger partial charge in [0, 0.05) is 0 Å². The number of carbonyl (C=O) groups excluding carboxylic acids is 1. The average molecular weight is 270 g/mol. The molecule has 3 nitrogen and oxygen atoms in total. The first-order chi connectivity index (χ1) is 5.59. The van der Waals surface area contributed by atoms with Gasteiger partial charge in [0.05, 0.1) is 9.98 Å². The van der Waals surface area contributed by atoms with Gasteiger partial charge in [-0.05, 0) is 22.9 Å². The fraction of sp³-hybridized carbons (Fsp3) is 0.333. The summed E-state index contributed by atoms with van der Waals surface area (Å²) in [5.41, 5.74) is 0. The number of carbonyl (C=O) groups is 1. The highest BCUT2D eigenvalue weighted by Gasteiger charge is 2.10. The highest BCUT2D eigenvalue weighted by atomic mass is 79.9. The monoisotopic (exact) mass is 268 g/mol. The molecule has 0 saturated carbocycles. The molecule has 1 aromatic heterocycles. The summed E-state index contributed by atoms with van der Waals surface area (Å²) < 4.78 is 0.875. The van der Waals surface area contributed by atoms with Crippen LogP contribution in [0.2, 0.25) is 0 Å². The van der Waals surface area contributed by atoms with Gasteiger partial charge in [-0.1, -0.05) is 11.3 Å². The fourth-order valence-electron chi connectivity index (χ4n) is 0.517. The topological polar surface area (TPSA) is 42.0 Å². The molecule has 0 radical (unpaired) electrons. The van der Waals surface area contributed by atoms with Gasteiger partial charge >= 0.3 is 0 Å². The van der Waals surface area contributed by atoms with Crippen molar-refractivity contribution >= 4 is 49.9 Å². The quantitative estimate of drug-likeness (QED) is 0.838. The molecule has 0 aliphatic carbocycles. The number of nitrogens with one attached hydrogen (secondary N) is 1. The van der Waals surface area contributed by atoms with Crippen LogP contribution in [0, 0.1) is 0 Å². The second-order valence-corrected chi connectivity index (χ2v) is 5.14. The van der Waals surface area contributed by atoms with Crippen LogP contribution in [-0.2, 0) is 4.79 Å². The number of rotatable bonds is 2. The summed E-state index contributed by atoms with van der Waals surface area (Å²) >= 11 is 10.1. The van der Waals surface area contributed by atoms with Crippen LogP contribution in [0.25, 0.3) is 0 Å². The standard InChI is InChI=1S/C6H6BrClN2OS/c1-3(8)5(11)10-6-9-2-4(7)12-6/h2-3H,1H3,(H,9,10,11). The Balaban J connectivity index is 2.58. The van der Waals surface area contributed by atoms with Gasteiger partial charge in [0.2, 0.25) is 5.91 Å². The third-order valence-electron chi connectivity index (χ3n) is 1.07. The molecule has 1 aromatic rings. The van der Waals surface area contributed by atoms with E-state index in [4.69, 9.17) is 11.6 Å². The van der Waals surface area contributed by atoms with Gasteiger partial charge in [-0.3, -0.25) is 4.79 Å². The van der Waals surface area contributed by atoms with E-state index in [2.05, 4.69) is 26.2 Å². The summed E-state index contributed by atoms with van der Waals surface area (Å²) in [5.74, 6) is -0.237. The zero-order valence-corrected chi connectivity index (χ0v) is 9.33. The summed E-state index contributed by atoms with van der Waals surface area (Å²) in [6, 6.07) is 0. The van der Waals surface area contributed by atoms with Crippen molar-refractivity contribution in [3.63, 3.8) is 0 Å². The van der Waals surface area contributed by atoms with E-state index in [9.17, 15) is 4.79 Å². The third-order valence-corrected chi connectivity index (χ3v) is 2.66. The maximum absolute atomic E-state index is 11.0. The predicted octanol–water partition coefficient (Wildman–Crippen LogP) is 2.47. The number of thiazole rings is 1. The van der Waals surface area contributed by atoms with Crippen molar-refractivity contribution < 1.29 is 4.79 Å². The highest BCUT2D eigenvalue weighted by Crippen LogP contribution is 2.23. The van der Waals surface area contributed by atoms with Crippen LogP contribution in [0.15, 0.2) is 9.98 Å². The number of alkyl halides is 1. The summed E-state index contributed by atoms with van der Waals surface area (Å²) in [6.45, 7) is 1.61. The van der Waals surface area contributed by atoms with E-state index in [1.807, 2.05) is 0 Å². The number of aromatic nitrogens is 1. The summed E-state index contributed by atoms with van der Waals surface area (Å²) in [4.78, 5) is 14.9. The van der Waals surface area contributed by atoms with Crippen LogP contribution < -0.4 is 5.32 Å². The first-order valence-corrected chi connectivity index (χ1v) is 5.20. The van der Waals surface area contributed by atoms with Crippen LogP contribution in [0.5, 0.6) is 0 Å². The fourth-order valence-corrected chi connectivity index (χ4v) is 1.68. The SMILES string of the molecule is CC(Cl)C(=O)Nc1ncc(Br)s1. The second-order valence-electron chi connectivity index (χ2n) is 2.07. The normalized spacial score (nSPS) is 12.6. The molecule has 0 aromatic carbocycles. The number of amides is 1. The Labute approximate surface area is 87.3 Å². The Morgan fingerprint density at radius 3 is 3.00 bits per heavy atom.